The van der Waals surface area contributed by atoms with E-state index < -0.39 is 5.97 Å². The van der Waals surface area contributed by atoms with E-state index in [-0.39, 0.29) is 0 Å². The van der Waals surface area contributed by atoms with E-state index in [1.54, 1.807) is 30.1 Å². The Morgan fingerprint density at radius 1 is 1.31 bits per heavy atom. The molecule has 0 aliphatic rings. The molecular formula is C12H12N2O2. The van der Waals surface area contributed by atoms with Crippen LogP contribution in [0.1, 0.15) is 15.9 Å². The van der Waals surface area contributed by atoms with Gasteiger partial charge in [-0.2, -0.15) is 5.10 Å². The first-order valence-electron chi connectivity index (χ1n) is 4.92. The zero-order valence-corrected chi connectivity index (χ0v) is 9.18. The standard InChI is InChI=1S/C12H12N2O2/c1-9-3-5-11(6-4-9)16-12(15)10-7-13-14(2)8-10/h3-8H,1-2H3. The van der Waals surface area contributed by atoms with Crippen LogP contribution in [0.5, 0.6) is 5.75 Å². The van der Waals surface area contributed by atoms with Gasteiger partial charge in [0.2, 0.25) is 0 Å². The van der Waals surface area contributed by atoms with E-state index in [2.05, 4.69) is 5.10 Å². The van der Waals surface area contributed by atoms with Gasteiger partial charge in [-0.15, -0.1) is 0 Å². The number of carbonyl (C=O) groups excluding carboxylic acids is 1. The van der Waals surface area contributed by atoms with Crippen LogP contribution in [-0.2, 0) is 7.05 Å². The molecule has 0 atom stereocenters. The summed E-state index contributed by atoms with van der Waals surface area (Å²) in [6.07, 6.45) is 3.10. The van der Waals surface area contributed by atoms with Crippen LogP contribution in [0.4, 0.5) is 0 Å². The minimum atomic E-state index is -0.392. The molecular weight excluding hydrogens is 204 g/mol. The van der Waals surface area contributed by atoms with Crippen LogP contribution in [0, 0.1) is 6.92 Å². The Morgan fingerprint density at radius 3 is 2.56 bits per heavy atom. The predicted octanol–water partition coefficient (Wildman–Crippen LogP) is 1.95. The van der Waals surface area contributed by atoms with Crippen molar-refractivity contribution in [2.24, 2.45) is 7.05 Å². The van der Waals surface area contributed by atoms with Gasteiger partial charge in [0.05, 0.1) is 11.8 Å². The lowest BCUT2D eigenvalue weighted by molar-refractivity contribution is 0.0734. The number of aromatic nitrogens is 2. The van der Waals surface area contributed by atoms with Crippen molar-refractivity contribution in [1.82, 2.24) is 9.78 Å². The average molecular weight is 216 g/mol. The summed E-state index contributed by atoms with van der Waals surface area (Å²) >= 11 is 0. The molecule has 16 heavy (non-hydrogen) atoms. The van der Waals surface area contributed by atoms with Crippen molar-refractivity contribution < 1.29 is 9.53 Å². The molecule has 0 aliphatic carbocycles. The van der Waals surface area contributed by atoms with Crippen LogP contribution < -0.4 is 4.74 Å². The van der Waals surface area contributed by atoms with E-state index >= 15 is 0 Å². The Hall–Kier alpha value is -2.10. The lowest BCUT2D eigenvalue weighted by atomic mass is 10.2. The monoisotopic (exact) mass is 216 g/mol. The maximum Gasteiger partial charge on any atom is 0.346 e. The zero-order valence-electron chi connectivity index (χ0n) is 9.18. The van der Waals surface area contributed by atoms with Gasteiger partial charge >= 0.3 is 5.97 Å². The van der Waals surface area contributed by atoms with Gasteiger partial charge in [0.25, 0.3) is 0 Å². The number of esters is 1. The highest BCUT2D eigenvalue weighted by molar-refractivity contribution is 5.90. The second-order valence-electron chi connectivity index (χ2n) is 3.61. The molecule has 4 heteroatoms. The summed E-state index contributed by atoms with van der Waals surface area (Å²) in [7, 11) is 1.75. The molecule has 0 saturated heterocycles. The fourth-order valence-corrected chi connectivity index (χ4v) is 1.30. The Morgan fingerprint density at radius 2 is 2.00 bits per heavy atom. The topological polar surface area (TPSA) is 44.1 Å². The second-order valence-corrected chi connectivity index (χ2v) is 3.61. The fourth-order valence-electron chi connectivity index (χ4n) is 1.30. The molecule has 0 saturated carbocycles. The number of carbonyl (C=O) groups is 1. The largest absolute Gasteiger partial charge is 0.423 e. The Kier molecular flexibility index (Phi) is 2.72. The number of ether oxygens (including phenoxy) is 1. The van der Waals surface area contributed by atoms with Gasteiger partial charge in [-0.1, -0.05) is 17.7 Å². The Bertz CT molecular complexity index is 500. The smallest absolute Gasteiger partial charge is 0.346 e. The number of hydrogen-bond donors (Lipinski definition) is 0. The SMILES string of the molecule is Cc1ccc(OC(=O)c2cnn(C)c2)cc1. The van der Waals surface area contributed by atoms with Gasteiger partial charge in [0.15, 0.2) is 0 Å². The summed E-state index contributed by atoms with van der Waals surface area (Å²) in [5, 5.41) is 3.91. The minimum Gasteiger partial charge on any atom is -0.423 e. The van der Waals surface area contributed by atoms with Gasteiger partial charge in [0, 0.05) is 13.2 Å². The van der Waals surface area contributed by atoms with Crippen molar-refractivity contribution in [3.63, 3.8) is 0 Å². The third-order valence-corrected chi connectivity index (χ3v) is 2.17. The molecule has 0 unspecified atom stereocenters. The summed E-state index contributed by atoms with van der Waals surface area (Å²) in [6.45, 7) is 1.98. The highest BCUT2D eigenvalue weighted by Crippen LogP contribution is 2.13. The molecule has 0 bridgehead atoms. The van der Waals surface area contributed by atoms with Crippen molar-refractivity contribution >= 4 is 5.97 Å². The first kappa shape index (κ1) is 10.4. The average Bonchev–Trinajstić information content (AvgIpc) is 2.68. The molecule has 0 spiro atoms. The van der Waals surface area contributed by atoms with Crippen molar-refractivity contribution in [2.75, 3.05) is 0 Å². The summed E-state index contributed by atoms with van der Waals surface area (Å²) in [5.41, 5.74) is 1.57. The quantitative estimate of drug-likeness (QED) is 0.569. The van der Waals surface area contributed by atoms with Crippen LogP contribution in [0.15, 0.2) is 36.7 Å². The molecule has 2 aromatic rings. The highest BCUT2D eigenvalue weighted by Gasteiger charge is 2.09. The Balaban J connectivity index is 2.10. The summed E-state index contributed by atoms with van der Waals surface area (Å²) in [4.78, 5) is 11.6. The molecule has 1 heterocycles. The third-order valence-electron chi connectivity index (χ3n) is 2.17. The number of hydrogen-bond acceptors (Lipinski definition) is 3. The van der Waals surface area contributed by atoms with Gasteiger partial charge in [-0.3, -0.25) is 4.68 Å². The summed E-state index contributed by atoms with van der Waals surface area (Å²) in [6, 6.07) is 7.32. The number of aryl methyl sites for hydroxylation is 2. The predicted molar refractivity (Wildman–Crippen MR) is 59.3 cm³/mol. The Labute approximate surface area is 93.5 Å². The van der Waals surface area contributed by atoms with E-state index in [9.17, 15) is 4.79 Å². The lowest BCUT2D eigenvalue weighted by Crippen LogP contribution is -2.07. The third kappa shape index (κ3) is 2.28. The van der Waals surface area contributed by atoms with E-state index in [0.29, 0.717) is 11.3 Å². The van der Waals surface area contributed by atoms with E-state index in [1.807, 2.05) is 19.1 Å². The van der Waals surface area contributed by atoms with Crippen molar-refractivity contribution in [2.45, 2.75) is 6.92 Å². The normalized spacial score (nSPS) is 10.1. The number of rotatable bonds is 2. The zero-order chi connectivity index (χ0) is 11.5. The van der Waals surface area contributed by atoms with Crippen LogP contribution in [0.25, 0.3) is 0 Å². The number of benzene rings is 1. The van der Waals surface area contributed by atoms with Crippen molar-refractivity contribution in [3.05, 3.63) is 47.8 Å². The van der Waals surface area contributed by atoms with Crippen LogP contribution in [-0.4, -0.2) is 15.7 Å². The lowest BCUT2D eigenvalue weighted by Gasteiger charge is -2.02. The maximum absolute atomic E-state index is 11.6. The van der Waals surface area contributed by atoms with E-state index in [4.69, 9.17) is 4.74 Å². The van der Waals surface area contributed by atoms with Gasteiger partial charge in [-0.25, -0.2) is 4.79 Å². The molecule has 0 aliphatic heterocycles. The summed E-state index contributed by atoms with van der Waals surface area (Å²) in [5.74, 6) is 0.149. The van der Waals surface area contributed by atoms with E-state index in [1.165, 1.54) is 6.20 Å². The van der Waals surface area contributed by atoms with Crippen molar-refractivity contribution in [3.8, 4) is 5.75 Å². The molecule has 0 fully saturated rings. The minimum absolute atomic E-state index is 0.392. The van der Waals surface area contributed by atoms with Crippen LogP contribution in [0.3, 0.4) is 0 Å². The molecule has 2 rings (SSSR count). The van der Waals surface area contributed by atoms with Gasteiger partial charge in [0.1, 0.15) is 5.75 Å². The summed E-state index contributed by atoms with van der Waals surface area (Å²) < 4.78 is 6.74. The molecule has 1 aromatic heterocycles. The molecule has 4 nitrogen and oxygen atoms in total. The number of nitrogens with zero attached hydrogens (tertiary/aromatic N) is 2. The molecule has 0 amide bonds. The fraction of sp³-hybridized carbons (Fsp3) is 0.167. The molecule has 0 radical (unpaired) electrons. The maximum atomic E-state index is 11.6. The molecule has 1 aromatic carbocycles. The first-order valence-corrected chi connectivity index (χ1v) is 4.92. The molecule has 0 N–H and O–H groups in total. The first-order chi connectivity index (χ1) is 7.65. The second kappa shape index (κ2) is 4.18. The van der Waals surface area contributed by atoms with Crippen LogP contribution in [0.2, 0.25) is 0 Å². The van der Waals surface area contributed by atoms with Gasteiger partial charge in [-0.05, 0) is 19.1 Å². The van der Waals surface area contributed by atoms with Crippen molar-refractivity contribution in [1.29, 1.82) is 0 Å². The van der Waals surface area contributed by atoms with Crippen LogP contribution >= 0.6 is 0 Å². The highest BCUT2D eigenvalue weighted by atomic mass is 16.5. The molecule has 82 valence electrons. The van der Waals surface area contributed by atoms with E-state index in [0.717, 1.165) is 5.56 Å². The van der Waals surface area contributed by atoms with Gasteiger partial charge < -0.3 is 4.74 Å².